The summed E-state index contributed by atoms with van der Waals surface area (Å²) in [5.74, 6) is 0.424. The van der Waals surface area contributed by atoms with Crippen molar-refractivity contribution in [1.29, 1.82) is 0 Å². The van der Waals surface area contributed by atoms with Crippen LogP contribution in [0.3, 0.4) is 0 Å². The number of carbonyl (C=O) groups excluding carboxylic acids is 1. The summed E-state index contributed by atoms with van der Waals surface area (Å²) in [6.45, 7) is 2.60. The lowest BCUT2D eigenvalue weighted by Gasteiger charge is -2.15. The molecular formula is C13H15N3O. The van der Waals surface area contributed by atoms with Crippen molar-refractivity contribution in [2.24, 2.45) is 0 Å². The smallest absolute Gasteiger partial charge is 0.255 e. The Morgan fingerprint density at radius 2 is 2.00 bits per heavy atom. The first-order chi connectivity index (χ1) is 8.15. The number of nitrogens with two attached hydrogens (primary N) is 1. The van der Waals surface area contributed by atoms with Crippen molar-refractivity contribution in [3.05, 3.63) is 36.0 Å². The number of aromatic nitrogens is 1. The molecule has 2 rings (SSSR count). The summed E-state index contributed by atoms with van der Waals surface area (Å²) < 4.78 is 0. The first kappa shape index (κ1) is 11.4. The van der Waals surface area contributed by atoms with Gasteiger partial charge in [0.2, 0.25) is 0 Å². The molecule has 2 aromatic rings. The van der Waals surface area contributed by atoms with Crippen LogP contribution in [0.5, 0.6) is 0 Å². The molecule has 0 aliphatic heterocycles. The van der Waals surface area contributed by atoms with Crippen molar-refractivity contribution in [1.82, 2.24) is 9.88 Å². The van der Waals surface area contributed by atoms with Crippen molar-refractivity contribution in [2.45, 2.75) is 6.92 Å². The number of anilines is 1. The Morgan fingerprint density at radius 3 is 2.65 bits per heavy atom. The van der Waals surface area contributed by atoms with Crippen LogP contribution < -0.4 is 5.73 Å². The van der Waals surface area contributed by atoms with Crippen molar-refractivity contribution in [2.75, 3.05) is 19.3 Å². The summed E-state index contributed by atoms with van der Waals surface area (Å²) in [6.07, 6.45) is 1.55. The van der Waals surface area contributed by atoms with E-state index in [9.17, 15) is 4.79 Å². The van der Waals surface area contributed by atoms with Gasteiger partial charge in [0.15, 0.2) is 0 Å². The van der Waals surface area contributed by atoms with Crippen molar-refractivity contribution < 1.29 is 4.79 Å². The lowest BCUT2D eigenvalue weighted by Crippen LogP contribution is -2.26. The van der Waals surface area contributed by atoms with Crippen LogP contribution in [0.15, 0.2) is 30.5 Å². The predicted octanol–water partition coefficient (Wildman–Crippen LogP) is 1.91. The average molecular weight is 229 g/mol. The summed E-state index contributed by atoms with van der Waals surface area (Å²) >= 11 is 0. The fraction of sp³-hybridized carbons (Fsp3) is 0.231. The van der Waals surface area contributed by atoms with Gasteiger partial charge >= 0.3 is 0 Å². The number of hydrogen-bond acceptors (Lipinski definition) is 3. The molecule has 0 aliphatic rings. The van der Waals surface area contributed by atoms with E-state index in [4.69, 9.17) is 5.73 Å². The highest BCUT2D eigenvalue weighted by atomic mass is 16.2. The van der Waals surface area contributed by atoms with Crippen LogP contribution in [-0.2, 0) is 0 Å². The maximum Gasteiger partial charge on any atom is 0.255 e. The van der Waals surface area contributed by atoms with E-state index >= 15 is 0 Å². The maximum absolute atomic E-state index is 12.1. The number of pyridine rings is 1. The standard InChI is InChI=1S/C13H15N3O/c1-3-16(2)13(17)11-8-15-12(14)10-7-5-4-6-9(10)11/h4-8H,3H2,1-2H3,(H2,14,15). The molecule has 0 radical (unpaired) electrons. The highest BCUT2D eigenvalue weighted by molar-refractivity contribution is 6.08. The van der Waals surface area contributed by atoms with E-state index in [1.165, 1.54) is 0 Å². The largest absolute Gasteiger partial charge is 0.383 e. The van der Waals surface area contributed by atoms with E-state index in [0.29, 0.717) is 17.9 Å². The van der Waals surface area contributed by atoms with Gasteiger partial charge in [-0.2, -0.15) is 0 Å². The van der Waals surface area contributed by atoms with Gasteiger partial charge in [0.25, 0.3) is 5.91 Å². The number of carbonyl (C=O) groups is 1. The molecule has 1 aromatic heterocycles. The van der Waals surface area contributed by atoms with E-state index in [2.05, 4.69) is 4.98 Å². The Labute approximate surface area is 100 Å². The van der Waals surface area contributed by atoms with Crippen LogP contribution in [0.25, 0.3) is 10.8 Å². The monoisotopic (exact) mass is 229 g/mol. The van der Waals surface area contributed by atoms with Gasteiger partial charge in [0.05, 0.1) is 5.56 Å². The number of amides is 1. The average Bonchev–Trinajstić information content (AvgIpc) is 2.38. The van der Waals surface area contributed by atoms with Crippen LogP contribution in [-0.4, -0.2) is 29.4 Å². The minimum atomic E-state index is -0.0313. The number of fused-ring (bicyclic) bond motifs is 1. The fourth-order valence-electron chi connectivity index (χ4n) is 1.73. The minimum Gasteiger partial charge on any atom is -0.383 e. The molecule has 0 saturated heterocycles. The summed E-state index contributed by atoms with van der Waals surface area (Å²) in [6, 6.07) is 7.55. The molecule has 17 heavy (non-hydrogen) atoms. The third-order valence-electron chi connectivity index (χ3n) is 2.88. The summed E-state index contributed by atoms with van der Waals surface area (Å²) in [7, 11) is 1.77. The number of hydrogen-bond donors (Lipinski definition) is 1. The van der Waals surface area contributed by atoms with Crippen molar-refractivity contribution >= 4 is 22.5 Å². The van der Waals surface area contributed by atoms with Gasteiger partial charge in [-0.25, -0.2) is 4.98 Å². The second-order valence-corrected chi connectivity index (χ2v) is 3.92. The normalized spacial score (nSPS) is 10.5. The van der Waals surface area contributed by atoms with E-state index < -0.39 is 0 Å². The molecule has 1 heterocycles. The molecule has 4 heteroatoms. The Kier molecular flexibility index (Phi) is 2.95. The summed E-state index contributed by atoms with van der Waals surface area (Å²) in [4.78, 5) is 17.9. The molecule has 0 fully saturated rings. The maximum atomic E-state index is 12.1. The lowest BCUT2D eigenvalue weighted by atomic mass is 10.1. The number of nitrogens with zero attached hydrogens (tertiary/aromatic N) is 2. The van der Waals surface area contributed by atoms with Gasteiger partial charge in [-0.1, -0.05) is 24.3 Å². The molecular weight excluding hydrogens is 214 g/mol. The molecule has 0 atom stereocenters. The van der Waals surface area contributed by atoms with E-state index in [1.807, 2.05) is 31.2 Å². The summed E-state index contributed by atoms with van der Waals surface area (Å²) in [5, 5.41) is 1.67. The molecule has 88 valence electrons. The first-order valence-electron chi connectivity index (χ1n) is 5.53. The van der Waals surface area contributed by atoms with Crippen LogP contribution in [0.4, 0.5) is 5.82 Å². The minimum absolute atomic E-state index is 0.0313. The lowest BCUT2D eigenvalue weighted by molar-refractivity contribution is 0.0804. The molecule has 0 spiro atoms. The molecule has 0 unspecified atom stereocenters. The van der Waals surface area contributed by atoms with Gasteiger partial charge in [-0.05, 0) is 12.3 Å². The van der Waals surface area contributed by atoms with Crippen LogP contribution in [0, 0.1) is 0 Å². The predicted molar refractivity (Wildman–Crippen MR) is 68.8 cm³/mol. The van der Waals surface area contributed by atoms with Crippen molar-refractivity contribution in [3.8, 4) is 0 Å². The van der Waals surface area contributed by atoms with Crippen LogP contribution in [0.2, 0.25) is 0 Å². The molecule has 1 aromatic carbocycles. The highest BCUT2D eigenvalue weighted by Gasteiger charge is 2.14. The third kappa shape index (κ3) is 1.93. The second kappa shape index (κ2) is 4.41. The van der Waals surface area contributed by atoms with Gasteiger partial charge in [-0.3, -0.25) is 4.79 Å². The van der Waals surface area contributed by atoms with Gasteiger partial charge in [-0.15, -0.1) is 0 Å². The molecule has 0 bridgehead atoms. The zero-order chi connectivity index (χ0) is 12.4. The Hall–Kier alpha value is -2.10. The van der Waals surface area contributed by atoms with Crippen LogP contribution in [0.1, 0.15) is 17.3 Å². The van der Waals surface area contributed by atoms with Gasteiger partial charge < -0.3 is 10.6 Å². The molecule has 0 aliphatic carbocycles. The van der Waals surface area contributed by atoms with E-state index in [0.717, 1.165) is 10.8 Å². The summed E-state index contributed by atoms with van der Waals surface area (Å²) in [5.41, 5.74) is 6.39. The quantitative estimate of drug-likeness (QED) is 0.855. The zero-order valence-electron chi connectivity index (χ0n) is 9.97. The first-order valence-corrected chi connectivity index (χ1v) is 5.53. The number of benzene rings is 1. The van der Waals surface area contributed by atoms with E-state index in [1.54, 1.807) is 18.1 Å². The molecule has 2 N–H and O–H groups in total. The Morgan fingerprint density at radius 1 is 1.35 bits per heavy atom. The number of rotatable bonds is 2. The topological polar surface area (TPSA) is 59.2 Å². The third-order valence-corrected chi connectivity index (χ3v) is 2.88. The SMILES string of the molecule is CCN(C)C(=O)c1cnc(N)c2ccccc12. The molecule has 0 saturated carbocycles. The van der Waals surface area contributed by atoms with Crippen LogP contribution >= 0.6 is 0 Å². The van der Waals surface area contributed by atoms with Gasteiger partial charge in [0, 0.05) is 25.2 Å². The van der Waals surface area contributed by atoms with Gasteiger partial charge in [0.1, 0.15) is 5.82 Å². The second-order valence-electron chi connectivity index (χ2n) is 3.92. The highest BCUT2D eigenvalue weighted by Crippen LogP contribution is 2.23. The fourth-order valence-corrected chi connectivity index (χ4v) is 1.73. The Balaban J connectivity index is 2.63. The van der Waals surface area contributed by atoms with E-state index in [-0.39, 0.29) is 5.91 Å². The molecule has 4 nitrogen and oxygen atoms in total. The van der Waals surface area contributed by atoms with Crippen molar-refractivity contribution in [3.63, 3.8) is 0 Å². The Bertz CT molecular complexity index is 566. The number of nitrogen functional groups attached to an aromatic ring is 1. The zero-order valence-corrected chi connectivity index (χ0v) is 9.97. The molecule has 1 amide bonds.